The van der Waals surface area contributed by atoms with E-state index in [9.17, 15) is 8.78 Å². The van der Waals surface area contributed by atoms with Crippen molar-refractivity contribution < 1.29 is 18.3 Å². The zero-order valence-electron chi connectivity index (χ0n) is 10.3. The molecule has 0 aromatic rings. The minimum Gasteiger partial charge on any atom is -0.314 e. The van der Waals surface area contributed by atoms with Crippen molar-refractivity contribution in [1.82, 2.24) is 0 Å². The third-order valence-corrected chi connectivity index (χ3v) is 2.86. The molecule has 1 saturated heterocycles. The average molecular weight is 222 g/mol. The highest BCUT2D eigenvalue weighted by atomic mass is 19.2. The van der Waals surface area contributed by atoms with Crippen LogP contribution in [0, 0.1) is 10.8 Å². The van der Waals surface area contributed by atoms with Crippen molar-refractivity contribution >= 4 is 0 Å². The van der Waals surface area contributed by atoms with Crippen LogP contribution in [0.4, 0.5) is 8.78 Å². The molecule has 0 N–H and O–H groups in total. The zero-order valence-corrected chi connectivity index (χ0v) is 10.3. The molecule has 0 aliphatic carbocycles. The molecule has 0 aromatic heterocycles. The quantitative estimate of drug-likeness (QED) is 0.625. The van der Waals surface area contributed by atoms with Crippen LogP contribution in [-0.4, -0.2) is 18.5 Å². The molecular weight excluding hydrogens is 202 g/mol. The lowest BCUT2D eigenvalue weighted by molar-refractivity contribution is -0.300. The summed E-state index contributed by atoms with van der Waals surface area (Å²) in [5, 5.41) is 0. The van der Waals surface area contributed by atoms with Crippen LogP contribution in [0.25, 0.3) is 0 Å². The highest BCUT2D eigenvalue weighted by Crippen LogP contribution is 2.56. The molecule has 1 aliphatic rings. The first kappa shape index (κ1) is 12.8. The summed E-state index contributed by atoms with van der Waals surface area (Å²) < 4.78 is 39.0. The van der Waals surface area contributed by atoms with Gasteiger partial charge in [-0.25, -0.2) is 8.78 Å². The summed E-state index contributed by atoms with van der Waals surface area (Å²) in [6, 6.07) is 0. The van der Waals surface area contributed by atoms with E-state index in [2.05, 4.69) is 0 Å². The molecule has 90 valence electrons. The van der Waals surface area contributed by atoms with E-state index < -0.39 is 22.5 Å². The van der Waals surface area contributed by atoms with Crippen molar-refractivity contribution in [2.75, 3.05) is 6.79 Å². The Kier molecular flexibility index (Phi) is 2.69. The van der Waals surface area contributed by atoms with Crippen LogP contribution in [-0.2, 0) is 9.47 Å². The van der Waals surface area contributed by atoms with Gasteiger partial charge in [-0.15, -0.1) is 0 Å². The molecule has 1 aliphatic heterocycles. The van der Waals surface area contributed by atoms with Crippen molar-refractivity contribution in [2.24, 2.45) is 10.8 Å². The van der Waals surface area contributed by atoms with Crippen molar-refractivity contribution in [3.63, 3.8) is 0 Å². The maximum atomic E-state index is 14.6. The van der Waals surface area contributed by atoms with Crippen LogP contribution < -0.4 is 0 Å². The SMILES string of the molecule is CC(C)(C)C1(F)OCOC1(F)C(C)(C)C. The van der Waals surface area contributed by atoms with Crippen molar-refractivity contribution in [1.29, 1.82) is 0 Å². The maximum absolute atomic E-state index is 14.6. The van der Waals surface area contributed by atoms with E-state index in [-0.39, 0.29) is 6.79 Å². The van der Waals surface area contributed by atoms with Gasteiger partial charge in [0.1, 0.15) is 0 Å². The largest absolute Gasteiger partial charge is 0.314 e. The Morgan fingerprint density at radius 3 is 1.27 bits per heavy atom. The molecule has 2 nitrogen and oxygen atoms in total. The summed E-state index contributed by atoms with van der Waals surface area (Å²) in [7, 11) is 0. The fourth-order valence-electron chi connectivity index (χ4n) is 1.78. The Morgan fingerprint density at radius 1 is 0.800 bits per heavy atom. The molecular formula is C11H20F2O2. The lowest BCUT2D eigenvalue weighted by Gasteiger charge is -2.45. The van der Waals surface area contributed by atoms with E-state index in [1.165, 1.54) is 0 Å². The van der Waals surface area contributed by atoms with Gasteiger partial charge in [-0.05, 0) is 0 Å². The predicted octanol–water partition coefficient (Wildman–Crippen LogP) is 3.41. The summed E-state index contributed by atoms with van der Waals surface area (Å²) >= 11 is 0. The fraction of sp³-hybridized carbons (Fsp3) is 1.00. The van der Waals surface area contributed by atoms with Gasteiger partial charge in [0, 0.05) is 10.8 Å². The second kappa shape index (κ2) is 3.14. The number of ether oxygens (including phenoxy) is 2. The van der Waals surface area contributed by atoms with Crippen LogP contribution in [0.15, 0.2) is 0 Å². The molecule has 1 rings (SSSR count). The summed E-state index contributed by atoms with van der Waals surface area (Å²) in [4.78, 5) is 0. The highest BCUT2D eigenvalue weighted by Gasteiger charge is 2.71. The Morgan fingerprint density at radius 2 is 1.07 bits per heavy atom. The van der Waals surface area contributed by atoms with Gasteiger partial charge in [-0.1, -0.05) is 41.5 Å². The van der Waals surface area contributed by atoms with E-state index >= 15 is 0 Å². The van der Waals surface area contributed by atoms with Crippen molar-refractivity contribution in [2.45, 2.75) is 53.3 Å². The molecule has 0 saturated carbocycles. The van der Waals surface area contributed by atoms with Gasteiger partial charge in [-0.3, -0.25) is 0 Å². The minimum absolute atomic E-state index is 0.346. The fourth-order valence-corrected chi connectivity index (χ4v) is 1.78. The number of hydrogen-bond acceptors (Lipinski definition) is 2. The zero-order chi connectivity index (χ0) is 12.1. The summed E-state index contributed by atoms with van der Waals surface area (Å²) in [6.07, 6.45) is 0. The molecule has 2 atom stereocenters. The lowest BCUT2D eigenvalue weighted by Crippen LogP contribution is -2.60. The van der Waals surface area contributed by atoms with Crippen molar-refractivity contribution in [3.05, 3.63) is 0 Å². The second-order valence-electron chi connectivity index (χ2n) is 6.10. The van der Waals surface area contributed by atoms with Crippen LogP contribution in [0.5, 0.6) is 0 Å². The molecule has 2 unspecified atom stereocenters. The first-order chi connectivity index (χ1) is 6.46. The first-order valence-corrected chi connectivity index (χ1v) is 5.11. The molecule has 0 radical (unpaired) electrons. The Labute approximate surface area is 89.9 Å². The molecule has 4 heteroatoms. The number of halogens is 2. The van der Waals surface area contributed by atoms with Gasteiger partial charge in [0.15, 0.2) is 6.79 Å². The molecule has 15 heavy (non-hydrogen) atoms. The van der Waals surface area contributed by atoms with E-state index in [1.54, 1.807) is 41.5 Å². The first-order valence-electron chi connectivity index (χ1n) is 5.11. The van der Waals surface area contributed by atoms with Crippen LogP contribution >= 0.6 is 0 Å². The van der Waals surface area contributed by atoms with Crippen molar-refractivity contribution in [3.8, 4) is 0 Å². The van der Waals surface area contributed by atoms with E-state index in [1.807, 2.05) is 0 Å². The Balaban J connectivity index is 3.21. The summed E-state index contributed by atoms with van der Waals surface area (Å²) in [6.45, 7) is 9.25. The number of hydrogen-bond donors (Lipinski definition) is 0. The number of alkyl halides is 2. The van der Waals surface area contributed by atoms with Gasteiger partial charge >= 0.3 is 0 Å². The van der Waals surface area contributed by atoms with Gasteiger partial charge in [0.25, 0.3) is 11.7 Å². The average Bonchev–Trinajstić information content (AvgIpc) is 2.27. The maximum Gasteiger partial charge on any atom is 0.276 e. The lowest BCUT2D eigenvalue weighted by atomic mass is 9.72. The highest BCUT2D eigenvalue weighted by molar-refractivity contribution is 5.03. The van der Waals surface area contributed by atoms with Crippen LogP contribution in [0.3, 0.4) is 0 Å². The van der Waals surface area contributed by atoms with Gasteiger partial charge in [0.05, 0.1) is 0 Å². The van der Waals surface area contributed by atoms with Gasteiger partial charge in [0.2, 0.25) is 0 Å². The molecule has 0 aromatic carbocycles. The van der Waals surface area contributed by atoms with Crippen LogP contribution in [0.1, 0.15) is 41.5 Å². The van der Waals surface area contributed by atoms with Crippen LogP contribution in [0.2, 0.25) is 0 Å². The summed E-state index contributed by atoms with van der Waals surface area (Å²) in [5.41, 5.74) is -1.96. The third kappa shape index (κ3) is 1.58. The third-order valence-electron chi connectivity index (χ3n) is 2.86. The molecule has 0 spiro atoms. The van der Waals surface area contributed by atoms with Gasteiger partial charge < -0.3 is 9.47 Å². The summed E-state index contributed by atoms with van der Waals surface area (Å²) in [5.74, 6) is -4.84. The Hall–Kier alpha value is -0.220. The van der Waals surface area contributed by atoms with E-state index in [4.69, 9.17) is 9.47 Å². The normalized spacial score (nSPS) is 38.4. The van der Waals surface area contributed by atoms with Gasteiger partial charge in [-0.2, -0.15) is 0 Å². The predicted molar refractivity (Wildman–Crippen MR) is 53.6 cm³/mol. The minimum atomic E-state index is -2.42. The molecule has 1 heterocycles. The topological polar surface area (TPSA) is 18.5 Å². The standard InChI is InChI=1S/C11H20F2O2/c1-8(2,3)10(12)11(13,9(4,5)6)15-7-14-10/h7H2,1-6H3. The molecule has 0 bridgehead atoms. The Bertz CT molecular complexity index is 228. The van der Waals surface area contributed by atoms with E-state index in [0.29, 0.717) is 0 Å². The second-order valence-corrected chi connectivity index (χ2v) is 6.10. The number of rotatable bonds is 0. The monoisotopic (exact) mass is 222 g/mol. The molecule has 1 fully saturated rings. The smallest absolute Gasteiger partial charge is 0.276 e. The van der Waals surface area contributed by atoms with E-state index in [0.717, 1.165) is 0 Å². The molecule has 0 amide bonds.